The minimum Gasteiger partial charge on any atom is -0.489 e. The van der Waals surface area contributed by atoms with Gasteiger partial charge < -0.3 is 9.84 Å². The monoisotopic (exact) mass is 428 g/mol. The number of hydrogen-bond acceptors (Lipinski definition) is 3. The van der Waals surface area contributed by atoms with Gasteiger partial charge in [0.05, 0.1) is 11.9 Å². The lowest BCUT2D eigenvalue weighted by Crippen LogP contribution is -2.04. The van der Waals surface area contributed by atoms with E-state index >= 15 is 0 Å². The van der Waals surface area contributed by atoms with Gasteiger partial charge in [-0.05, 0) is 40.5 Å². The second-order valence-electron chi connectivity index (χ2n) is 6.32. The molecule has 0 radical (unpaired) electrons. The zero-order chi connectivity index (χ0) is 19.4. The van der Waals surface area contributed by atoms with E-state index in [4.69, 9.17) is 9.84 Å². The first-order valence-electron chi connectivity index (χ1n) is 8.67. The number of aliphatic carboxylic acids is 1. The van der Waals surface area contributed by atoms with Gasteiger partial charge in [0.25, 0.3) is 0 Å². The molecule has 1 N–H and O–H groups in total. The molecule has 0 aliphatic rings. The number of aryl methyl sites for hydroxylation is 1. The molecule has 5 nitrogen and oxygen atoms in total. The fourth-order valence-electron chi connectivity index (χ4n) is 3.18. The number of carboxylic acid groups (broad SMARTS) is 1. The standard InChI is InChI=1S/C21H21BrN2O3/c1-3-5-15(12-19(25)26)14-8-10-17(11-9-14)27-13-16-6-4-7-18-20(16)24(2)23-21(18)22/h3-11,15H,12-13H2,1-2H3,(H,25,26)/t15-/m1/s1. The number of halogens is 1. The van der Waals surface area contributed by atoms with Gasteiger partial charge in [-0.1, -0.05) is 42.5 Å². The van der Waals surface area contributed by atoms with Gasteiger partial charge in [-0.15, -0.1) is 0 Å². The van der Waals surface area contributed by atoms with E-state index in [-0.39, 0.29) is 12.3 Å². The molecule has 0 fully saturated rings. The molecule has 1 heterocycles. The molecule has 1 atom stereocenters. The van der Waals surface area contributed by atoms with Crippen molar-refractivity contribution in [2.75, 3.05) is 0 Å². The van der Waals surface area contributed by atoms with Crippen molar-refractivity contribution >= 4 is 32.8 Å². The maximum absolute atomic E-state index is 11.1. The second kappa shape index (κ2) is 8.39. The average molecular weight is 429 g/mol. The highest BCUT2D eigenvalue weighted by atomic mass is 79.9. The Morgan fingerprint density at radius 3 is 2.70 bits per heavy atom. The highest BCUT2D eigenvalue weighted by molar-refractivity contribution is 9.10. The number of hydrogen-bond donors (Lipinski definition) is 1. The fraction of sp³-hybridized carbons (Fsp3) is 0.238. The first-order valence-corrected chi connectivity index (χ1v) is 9.46. The predicted molar refractivity (Wildman–Crippen MR) is 109 cm³/mol. The Kier molecular flexibility index (Phi) is 5.96. The van der Waals surface area contributed by atoms with E-state index in [1.54, 1.807) is 0 Å². The van der Waals surface area contributed by atoms with Crippen molar-refractivity contribution < 1.29 is 14.6 Å². The van der Waals surface area contributed by atoms with Crippen molar-refractivity contribution in [3.8, 4) is 5.75 Å². The van der Waals surface area contributed by atoms with Crippen molar-refractivity contribution in [3.05, 3.63) is 70.3 Å². The molecule has 27 heavy (non-hydrogen) atoms. The number of carbonyl (C=O) groups is 1. The van der Waals surface area contributed by atoms with Gasteiger partial charge in [-0.3, -0.25) is 9.48 Å². The summed E-state index contributed by atoms with van der Waals surface area (Å²) in [6.45, 7) is 2.32. The van der Waals surface area contributed by atoms with E-state index in [9.17, 15) is 4.79 Å². The zero-order valence-electron chi connectivity index (χ0n) is 15.2. The van der Waals surface area contributed by atoms with Gasteiger partial charge in [-0.2, -0.15) is 5.10 Å². The third-order valence-corrected chi connectivity index (χ3v) is 5.01. The molecule has 0 spiro atoms. The van der Waals surface area contributed by atoms with Gasteiger partial charge >= 0.3 is 5.97 Å². The summed E-state index contributed by atoms with van der Waals surface area (Å²) in [7, 11) is 1.91. The van der Waals surface area contributed by atoms with Gasteiger partial charge in [0.15, 0.2) is 0 Å². The van der Waals surface area contributed by atoms with Crippen molar-refractivity contribution in [2.45, 2.75) is 25.9 Å². The second-order valence-corrected chi connectivity index (χ2v) is 7.07. The summed E-state index contributed by atoms with van der Waals surface area (Å²) in [5.41, 5.74) is 3.05. The summed E-state index contributed by atoms with van der Waals surface area (Å²) >= 11 is 3.48. The molecule has 0 saturated carbocycles. The molecule has 0 bridgehead atoms. The number of nitrogens with zero attached hydrogens (tertiary/aromatic N) is 2. The quantitative estimate of drug-likeness (QED) is 0.534. The van der Waals surface area contributed by atoms with Gasteiger partial charge in [0, 0.05) is 23.9 Å². The first-order chi connectivity index (χ1) is 13.0. The number of carboxylic acids is 1. The lowest BCUT2D eigenvalue weighted by Gasteiger charge is -2.12. The number of ether oxygens (including phenoxy) is 1. The molecule has 0 aliphatic carbocycles. The van der Waals surface area contributed by atoms with Crippen LogP contribution in [0.2, 0.25) is 0 Å². The van der Waals surface area contributed by atoms with Crippen LogP contribution < -0.4 is 4.74 Å². The topological polar surface area (TPSA) is 64.3 Å². The summed E-state index contributed by atoms with van der Waals surface area (Å²) < 4.78 is 8.61. The zero-order valence-corrected chi connectivity index (χ0v) is 16.8. The largest absolute Gasteiger partial charge is 0.489 e. The van der Waals surface area contributed by atoms with Crippen LogP contribution in [-0.4, -0.2) is 20.9 Å². The van der Waals surface area contributed by atoms with Crippen LogP contribution in [0.15, 0.2) is 59.2 Å². The van der Waals surface area contributed by atoms with Crippen molar-refractivity contribution in [2.24, 2.45) is 7.05 Å². The Hall–Kier alpha value is -2.60. The van der Waals surface area contributed by atoms with Gasteiger partial charge in [-0.25, -0.2) is 0 Å². The minimum atomic E-state index is -0.811. The van der Waals surface area contributed by atoms with Crippen LogP contribution in [0.5, 0.6) is 5.75 Å². The number of allylic oxidation sites excluding steroid dienone is 2. The molecule has 3 aromatic rings. The Morgan fingerprint density at radius 1 is 1.30 bits per heavy atom. The van der Waals surface area contributed by atoms with E-state index in [2.05, 4.69) is 21.0 Å². The Labute approximate surface area is 166 Å². The van der Waals surface area contributed by atoms with Crippen LogP contribution in [0.25, 0.3) is 10.9 Å². The highest BCUT2D eigenvalue weighted by Gasteiger charge is 2.13. The fourth-order valence-corrected chi connectivity index (χ4v) is 3.74. The van der Waals surface area contributed by atoms with Crippen molar-refractivity contribution in [3.63, 3.8) is 0 Å². The normalized spacial score (nSPS) is 12.6. The van der Waals surface area contributed by atoms with Crippen LogP contribution in [0, 0.1) is 0 Å². The predicted octanol–water partition coefficient (Wildman–Crippen LogP) is 5.05. The average Bonchev–Trinajstić information content (AvgIpc) is 2.94. The van der Waals surface area contributed by atoms with E-state index in [0.29, 0.717) is 6.61 Å². The molecule has 0 unspecified atom stereocenters. The number of para-hydroxylation sites is 1. The summed E-state index contributed by atoms with van der Waals surface area (Å²) in [4.78, 5) is 11.1. The summed E-state index contributed by atoms with van der Waals surface area (Å²) in [5.74, 6) is -0.206. The first kappa shape index (κ1) is 19.2. The minimum absolute atomic E-state index is 0.0713. The van der Waals surface area contributed by atoms with Crippen LogP contribution in [0.3, 0.4) is 0 Å². The molecule has 140 valence electrons. The van der Waals surface area contributed by atoms with E-state index in [1.165, 1.54) is 0 Å². The van der Waals surface area contributed by atoms with Crippen molar-refractivity contribution in [1.82, 2.24) is 9.78 Å². The molecule has 0 amide bonds. The molecule has 3 rings (SSSR count). The third-order valence-electron chi connectivity index (χ3n) is 4.43. The van der Waals surface area contributed by atoms with Crippen LogP contribution in [0.1, 0.15) is 30.4 Å². The maximum Gasteiger partial charge on any atom is 0.304 e. The molecular formula is C21H21BrN2O3. The number of rotatable bonds is 7. The van der Waals surface area contributed by atoms with E-state index in [0.717, 1.165) is 32.4 Å². The molecule has 0 saturated heterocycles. The van der Waals surface area contributed by atoms with Crippen LogP contribution in [-0.2, 0) is 18.4 Å². The van der Waals surface area contributed by atoms with Gasteiger partial charge in [0.2, 0.25) is 0 Å². The van der Waals surface area contributed by atoms with Crippen LogP contribution >= 0.6 is 15.9 Å². The number of aromatic nitrogens is 2. The number of fused-ring (bicyclic) bond motifs is 1. The summed E-state index contributed by atoms with van der Waals surface area (Å²) in [5, 5.41) is 14.5. The molecule has 6 heteroatoms. The molecule has 0 aliphatic heterocycles. The summed E-state index contributed by atoms with van der Waals surface area (Å²) in [6, 6.07) is 13.6. The van der Waals surface area contributed by atoms with E-state index < -0.39 is 5.97 Å². The highest BCUT2D eigenvalue weighted by Crippen LogP contribution is 2.27. The van der Waals surface area contributed by atoms with Crippen molar-refractivity contribution in [1.29, 1.82) is 0 Å². The lowest BCUT2D eigenvalue weighted by molar-refractivity contribution is -0.137. The molecule has 1 aromatic heterocycles. The van der Waals surface area contributed by atoms with E-state index in [1.807, 2.05) is 73.3 Å². The van der Waals surface area contributed by atoms with Crippen LogP contribution in [0.4, 0.5) is 0 Å². The Balaban J connectivity index is 1.75. The number of benzene rings is 2. The Morgan fingerprint density at radius 2 is 2.04 bits per heavy atom. The molecular weight excluding hydrogens is 408 g/mol. The molecule has 2 aromatic carbocycles. The maximum atomic E-state index is 11.1. The summed E-state index contributed by atoms with van der Waals surface area (Å²) in [6.07, 6.45) is 3.86. The Bertz CT molecular complexity index is 977. The third kappa shape index (κ3) is 4.39. The van der Waals surface area contributed by atoms with Gasteiger partial charge in [0.1, 0.15) is 17.0 Å². The smallest absolute Gasteiger partial charge is 0.304 e. The SMILES string of the molecule is CC=C[C@H](CC(=O)O)c1ccc(OCc2cccc3c(Br)nn(C)c23)cc1. The lowest BCUT2D eigenvalue weighted by atomic mass is 9.95.